The molecule has 0 aromatic carbocycles. The van der Waals surface area contributed by atoms with Gasteiger partial charge in [0.1, 0.15) is 6.61 Å². The number of nitrogens with one attached hydrogen (secondary N) is 1. The van der Waals surface area contributed by atoms with Gasteiger partial charge in [0.15, 0.2) is 0 Å². The summed E-state index contributed by atoms with van der Waals surface area (Å²) in [6, 6.07) is 2.41. The zero-order chi connectivity index (χ0) is 13.0. The van der Waals surface area contributed by atoms with E-state index >= 15 is 0 Å². The Morgan fingerprint density at radius 2 is 2.50 bits per heavy atom. The lowest BCUT2D eigenvalue weighted by atomic mass is 9.94. The van der Waals surface area contributed by atoms with Crippen LogP contribution in [0.15, 0.2) is 6.07 Å². The van der Waals surface area contributed by atoms with Gasteiger partial charge in [-0.15, -0.1) is 11.3 Å². The summed E-state index contributed by atoms with van der Waals surface area (Å²) in [5.41, 5.74) is 6.31. The molecule has 3 N–H and O–H groups in total. The Morgan fingerprint density at radius 3 is 3.28 bits per heavy atom. The summed E-state index contributed by atoms with van der Waals surface area (Å²) in [7, 11) is 0. The lowest BCUT2D eigenvalue weighted by molar-refractivity contribution is -0.122. The van der Waals surface area contributed by atoms with Crippen molar-refractivity contribution in [1.29, 1.82) is 0 Å². The molecule has 1 aromatic heterocycles. The molecule has 0 aliphatic heterocycles. The minimum Gasteiger partial charge on any atom is -0.370 e. The van der Waals surface area contributed by atoms with Crippen LogP contribution in [0, 0.1) is 0 Å². The number of aryl methyl sites for hydroxylation is 1. The van der Waals surface area contributed by atoms with Crippen molar-refractivity contribution >= 4 is 28.8 Å². The molecular weight excluding hydrogens is 272 g/mol. The first kappa shape index (κ1) is 13.8. The minimum atomic E-state index is -0.431. The fourth-order valence-electron chi connectivity index (χ4n) is 2.21. The van der Waals surface area contributed by atoms with E-state index in [2.05, 4.69) is 11.4 Å². The van der Waals surface area contributed by atoms with Crippen molar-refractivity contribution in [3.63, 3.8) is 0 Å². The van der Waals surface area contributed by atoms with E-state index in [0.29, 0.717) is 19.2 Å². The third kappa shape index (κ3) is 3.68. The van der Waals surface area contributed by atoms with Crippen LogP contribution < -0.4 is 11.1 Å². The molecule has 1 unspecified atom stereocenters. The van der Waals surface area contributed by atoms with E-state index in [1.165, 1.54) is 16.9 Å². The van der Waals surface area contributed by atoms with Crippen molar-refractivity contribution in [2.45, 2.75) is 25.3 Å². The molecule has 0 fully saturated rings. The van der Waals surface area contributed by atoms with Crippen LogP contribution in [-0.4, -0.2) is 25.7 Å². The molecule has 6 heteroatoms. The molecule has 1 atom stereocenters. The van der Waals surface area contributed by atoms with Crippen molar-refractivity contribution in [3.8, 4) is 0 Å². The number of carbonyl (C=O) groups excluding carboxylic acids is 1. The maximum Gasteiger partial charge on any atom is 0.243 e. The number of hydrogen-bond donors (Lipinski definition) is 2. The van der Waals surface area contributed by atoms with Gasteiger partial charge in [-0.3, -0.25) is 4.79 Å². The maximum absolute atomic E-state index is 10.5. The van der Waals surface area contributed by atoms with Crippen molar-refractivity contribution < 1.29 is 9.53 Å². The van der Waals surface area contributed by atoms with Crippen LogP contribution in [0.5, 0.6) is 0 Å². The van der Waals surface area contributed by atoms with Crippen LogP contribution in [0.3, 0.4) is 0 Å². The number of fused-ring (bicyclic) bond motifs is 1. The fraction of sp³-hybridized carbons (Fsp3) is 0.583. The topological polar surface area (TPSA) is 64.4 Å². The second kappa shape index (κ2) is 6.52. The number of halogens is 1. The van der Waals surface area contributed by atoms with Gasteiger partial charge in [0.25, 0.3) is 0 Å². The Kier molecular flexibility index (Phi) is 5.00. The first-order valence-corrected chi connectivity index (χ1v) is 7.24. The van der Waals surface area contributed by atoms with Crippen molar-refractivity contribution in [3.05, 3.63) is 20.8 Å². The number of carbonyl (C=O) groups is 1. The number of rotatable bonds is 6. The zero-order valence-corrected chi connectivity index (χ0v) is 11.6. The lowest BCUT2D eigenvalue weighted by Gasteiger charge is -2.23. The van der Waals surface area contributed by atoms with Crippen molar-refractivity contribution in [1.82, 2.24) is 5.32 Å². The highest BCUT2D eigenvalue weighted by atomic mass is 35.5. The molecule has 18 heavy (non-hydrogen) atoms. The Morgan fingerprint density at radius 1 is 1.67 bits per heavy atom. The van der Waals surface area contributed by atoms with Gasteiger partial charge in [-0.05, 0) is 30.9 Å². The van der Waals surface area contributed by atoms with Gasteiger partial charge >= 0.3 is 0 Å². The van der Waals surface area contributed by atoms with E-state index in [0.717, 1.165) is 17.2 Å². The van der Waals surface area contributed by atoms with Gasteiger partial charge in [-0.2, -0.15) is 0 Å². The van der Waals surface area contributed by atoms with Gasteiger partial charge in [0, 0.05) is 17.5 Å². The highest BCUT2D eigenvalue weighted by Gasteiger charge is 2.21. The molecule has 4 nitrogen and oxygen atoms in total. The Hall–Kier alpha value is -0.620. The molecule has 1 aliphatic carbocycles. The van der Waals surface area contributed by atoms with Gasteiger partial charge in [-0.25, -0.2) is 0 Å². The summed E-state index contributed by atoms with van der Waals surface area (Å²) in [6.07, 6.45) is 3.43. The zero-order valence-electron chi connectivity index (χ0n) is 10.1. The van der Waals surface area contributed by atoms with E-state index in [1.54, 1.807) is 11.3 Å². The number of thiophene rings is 1. The molecule has 2 rings (SSSR count). The molecule has 0 radical (unpaired) electrons. The van der Waals surface area contributed by atoms with E-state index in [4.69, 9.17) is 22.1 Å². The van der Waals surface area contributed by atoms with Gasteiger partial charge < -0.3 is 15.8 Å². The van der Waals surface area contributed by atoms with Crippen molar-refractivity contribution in [2.24, 2.45) is 5.73 Å². The predicted molar refractivity (Wildman–Crippen MR) is 73.0 cm³/mol. The summed E-state index contributed by atoms with van der Waals surface area (Å²) >= 11 is 7.72. The number of nitrogens with two attached hydrogens (primary N) is 1. The lowest BCUT2D eigenvalue weighted by Crippen LogP contribution is -2.28. The third-order valence-electron chi connectivity index (χ3n) is 2.97. The van der Waals surface area contributed by atoms with Crippen molar-refractivity contribution in [2.75, 3.05) is 19.8 Å². The number of primary amides is 1. The summed E-state index contributed by atoms with van der Waals surface area (Å²) < 4.78 is 5.98. The van der Waals surface area contributed by atoms with Gasteiger partial charge in [0.05, 0.1) is 10.9 Å². The molecule has 0 spiro atoms. The van der Waals surface area contributed by atoms with Crippen LogP contribution in [0.4, 0.5) is 0 Å². The molecule has 1 aromatic rings. The summed E-state index contributed by atoms with van der Waals surface area (Å²) in [4.78, 5) is 11.9. The average molecular weight is 289 g/mol. The summed E-state index contributed by atoms with van der Waals surface area (Å²) in [5.74, 6) is -0.431. The Labute approximate surface area is 115 Å². The van der Waals surface area contributed by atoms with Crippen LogP contribution in [-0.2, 0) is 16.0 Å². The highest BCUT2D eigenvalue weighted by Crippen LogP contribution is 2.37. The quantitative estimate of drug-likeness (QED) is 0.786. The second-order valence-electron chi connectivity index (χ2n) is 4.35. The first-order valence-electron chi connectivity index (χ1n) is 6.04. The highest BCUT2D eigenvalue weighted by molar-refractivity contribution is 7.16. The van der Waals surface area contributed by atoms with E-state index in [9.17, 15) is 4.79 Å². The molecule has 1 aliphatic rings. The van der Waals surface area contributed by atoms with Crippen LogP contribution in [0.25, 0.3) is 0 Å². The van der Waals surface area contributed by atoms with Gasteiger partial charge in [-0.1, -0.05) is 11.6 Å². The second-order valence-corrected chi connectivity index (χ2v) is 6.11. The SMILES string of the molecule is NC(=O)COCCNC1CCCc2sc(Cl)cc21. The summed E-state index contributed by atoms with van der Waals surface area (Å²) in [6.45, 7) is 1.19. The predicted octanol–water partition coefficient (Wildman–Crippen LogP) is 1.87. The third-order valence-corrected chi connectivity index (χ3v) is 4.30. The standard InChI is InChI=1S/C12H17ClN2O2S/c13-11-6-8-9(2-1-3-10(8)18-11)15-4-5-17-7-12(14)16/h6,9,15H,1-5,7H2,(H2,14,16). The number of hydrogen-bond acceptors (Lipinski definition) is 4. The normalized spacial score (nSPS) is 18.6. The van der Waals surface area contributed by atoms with E-state index in [1.807, 2.05) is 0 Å². The summed E-state index contributed by atoms with van der Waals surface area (Å²) in [5, 5.41) is 3.44. The van der Waals surface area contributed by atoms with Crippen LogP contribution in [0.1, 0.15) is 29.3 Å². The molecular formula is C12H17ClN2O2S. The smallest absolute Gasteiger partial charge is 0.243 e. The fourth-order valence-corrected chi connectivity index (χ4v) is 3.60. The van der Waals surface area contributed by atoms with E-state index in [-0.39, 0.29) is 6.61 Å². The molecule has 1 amide bonds. The maximum atomic E-state index is 10.5. The number of ether oxygens (including phenoxy) is 1. The Balaban J connectivity index is 1.78. The van der Waals surface area contributed by atoms with Gasteiger partial charge in [0.2, 0.25) is 5.91 Å². The van der Waals surface area contributed by atoms with Crippen LogP contribution >= 0.6 is 22.9 Å². The largest absolute Gasteiger partial charge is 0.370 e. The monoisotopic (exact) mass is 288 g/mol. The molecule has 1 heterocycles. The molecule has 0 bridgehead atoms. The van der Waals surface area contributed by atoms with E-state index < -0.39 is 5.91 Å². The molecule has 0 saturated heterocycles. The number of amides is 1. The average Bonchev–Trinajstić information content (AvgIpc) is 2.69. The van der Waals surface area contributed by atoms with Crippen LogP contribution in [0.2, 0.25) is 4.34 Å². The Bertz CT molecular complexity index is 422. The first-order chi connectivity index (χ1) is 8.66. The molecule has 100 valence electrons. The molecule has 0 saturated carbocycles. The minimum absolute atomic E-state index is 0.0120.